The minimum absolute atomic E-state index is 0.0144. The molecule has 0 unspecified atom stereocenters. The molecule has 5 rings (SSSR count). The second kappa shape index (κ2) is 12.8. The summed E-state index contributed by atoms with van der Waals surface area (Å²) < 4.78 is 60.6. The van der Waals surface area contributed by atoms with Crippen LogP contribution in [-0.2, 0) is 16.6 Å². The number of hydrogen-bond donors (Lipinski definition) is 2. The summed E-state index contributed by atoms with van der Waals surface area (Å²) in [4.78, 5) is 16.1. The van der Waals surface area contributed by atoms with Gasteiger partial charge in [0.05, 0.1) is 28.5 Å². The molecule has 2 N–H and O–H groups in total. The lowest BCUT2D eigenvalue weighted by molar-refractivity contribution is 0.0604. The van der Waals surface area contributed by atoms with Gasteiger partial charge in [-0.05, 0) is 80.3 Å². The van der Waals surface area contributed by atoms with Crippen LogP contribution in [0.25, 0.3) is 21.2 Å². The first-order chi connectivity index (χ1) is 20.5. The molecule has 1 heterocycles. The van der Waals surface area contributed by atoms with Crippen molar-refractivity contribution in [3.05, 3.63) is 81.7 Å². The summed E-state index contributed by atoms with van der Waals surface area (Å²) in [6, 6.07) is 14.9. The molecule has 0 radical (unpaired) electrons. The molecule has 12 heteroatoms. The number of carbonyl (C=O) groups excluding carboxylic acids is 1. The second-order valence-corrected chi connectivity index (χ2v) is 13.8. The fourth-order valence-electron chi connectivity index (χ4n) is 5.62. The van der Waals surface area contributed by atoms with Crippen LogP contribution in [0.2, 0.25) is 5.02 Å². The lowest BCUT2D eigenvalue weighted by Crippen LogP contribution is -2.44. The van der Waals surface area contributed by atoms with Crippen molar-refractivity contribution in [3.8, 4) is 16.9 Å². The molecule has 0 bridgehead atoms. The molecule has 1 fully saturated rings. The van der Waals surface area contributed by atoms with E-state index in [-0.39, 0.29) is 38.5 Å². The molecule has 4 aromatic rings. The summed E-state index contributed by atoms with van der Waals surface area (Å²) >= 11 is 7.42. The highest BCUT2D eigenvalue weighted by Gasteiger charge is 2.33. The number of rotatable bonds is 9. The van der Waals surface area contributed by atoms with Crippen molar-refractivity contribution >= 4 is 54.6 Å². The highest BCUT2D eigenvalue weighted by atomic mass is 35.5. The Morgan fingerprint density at radius 3 is 2.28 bits per heavy atom. The number of hydrogen-bond acceptors (Lipinski definition) is 6. The van der Waals surface area contributed by atoms with Crippen LogP contribution in [0, 0.1) is 11.6 Å². The average molecular weight is 648 g/mol. The SMILES string of the molecule is CNC1CCC(N(Cc2cc(-c3ccc(NS(C)(=O)=O)cc3)ccc2OC)C(=O)c2sc3c(F)ccc(F)c3c2Cl)CC1. The van der Waals surface area contributed by atoms with Gasteiger partial charge in [-0.15, -0.1) is 11.3 Å². The Morgan fingerprint density at radius 1 is 1.02 bits per heavy atom. The van der Waals surface area contributed by atoms with Gasteiger partial charge in [-0.1, -0.05) is 29.8 Å². The number of nitrogens with zero attached hydrogens (tertiary/aromatic N) is 1. The number of anilines is 1. The van der Waals surface area contributed by atoms with Crippen molar-refractivity contribution in [2.75, 3.05) is 25.1 Å². The summed E-state index contributed by atoms with van der Waals surface area (Å²) in [5.74, 6) is -1.11. The van der Waals surface area contributed by atoms with Crippen LogP contribution in [0.5, 0.6) is 5.75 Å². The van der Waals surface area contributed by atoms with Gasteiger partial charge in [0.2, 0.25) is 10.0 Å². The summed E-state index contributed by atoms with van der Waals surface area (Å²) in [6.07, 6.45) is 4.34. The van der Waals surface area contributed by atoms with Gasteiger partial charge in [0.15, 0.2) is 0 Å². The normalized spacial score (nSPS) is 17.2. The molecule has 1 amide bonds. The standard InChI is InChI=1S/C31H32ClF2N3O4S2/c1-35-21-9-11-23(12-10-21)37(31(38)30-28(32)27-24(33)13-14-25(34)29(27)42-30)17-20-16-19(6-15-26(20)41-2)18-4-7-22(8-5-18)36-43(3,39)40/h4-8,13-16,21,23,35-36H,9-12,17H2,1-3H3. The zero-order valence-corrected chi connectivity index (χ0v) is 26.3. The topological polar surface area (TPSA) is 87.7 Å². The molecule has 3 aromatic carbocycles. The quantitative estimate of drug-likeness (QED) is 0.203. The summed E-state index contributed by atoms with van der Waals surface area (Å²) in [7, 11) is 0.0773. The molecular formula is C31H32ClF2N3O4S2. The van der Waals surface area contributed by atoms with E-state index in [1.54, 1.807) is 36.3 Å². The summed E-state index contributed by atoms with van der Waals surface area (Å²) in [5.41, 5.74) is 2.88. The Hall–Kier alpha value is -3.25. The number of nitrogens with one attached hydrogen (secondary N) is 2. The van der Waals surface area contributed by atoms with Crippen molar-refractivity contribution in [2.45, 2.75) is 44.3 Å². The molecule has 1 saturated carbocycles. The van der Waals surface area contributed by atoms with Crippen LogP contribution in [0.1, 0.15) is 40.9 Å². The smallest absolute Gasteiger partial charge is 0.266 e. The minimum atomic E-state index is -3.41. The van der Waals surface area contributed by atoms with Gasteiger partial charge in [0.25, 0.3) is 5.91 Å². The molecule has 0 atom stereocenters. The van der Waals surface area contributed by atoms with E-state index < -0.39 is 21.7 Å². The Morgan fingerprint density at radius 2 is 1.67 bits per heavy atom. The van der Waals surface area contributed by atoms with Crippen molar-refractivity contribution in [1.82, 2.24) is 10.2 Å². The Bertz CT molecular complexity index is 1760. The first-order valence-electron chi connectivity index (χ1n) is 13.8. The molecule has 43 heavy (non-hydrogen) atoms. The number of sulfonamides is 1. The third-order valence-electron chi connectivity index (χ3n) is 7.83. The fraction of sp³-hybridized carbons (Fsp3) is 0.323. The zero-order valence-electron chi connectivity index (χ0n) is 23.9. The van der Waals surface area contributed by atoms with Crippen LogP contribution in [0.3, 0.4) is 0 Å². The number of methoxy groups -OCH3 is 1. The summed E-state index contributed by atoms with van der Waals surface area (Å²) in [5, 5.41) is 3.14. The Labute approximate surface area is 258 Å². The van der Waals surface area contributed by atoms with Crippen LogP contribution in [0.15, 0.2) is 54.6 Å². The maximum Gasteiger partial charge on any atom is 0.266 e. The van der Waals surface area contributed by atoms with E-state index in [1.165, 1.54) is 0 Å². The van der Waals surface area contributed by atoms with E-state index in [4.69, 9.17) is 16.3 Å². The number of halogens is 3. The van der Waals surface area contributed by atoms with Gasteiger partial charge in [-0.2, -0.15) is 0 Å². The molecule has 228 valence electrons. The van der Waals surface area contributed by atoms with Crippen LogP contribution < -0.4 is 14.8 Å². The molecule has 0 saturated heterocycles. The predicted octanol–water partition coefficient (Wildman–Crippen LogP) is 7.05. The lowest BCUT2D eigenvalue weighted by atomic mass is 9.89. The number of ether oxygens (including phenoxy) is 1. The molecule has 0 spiro atoms. The summed E-state index contributed by atoms with van der Waals surface area (Å²) in [6.45, 7) is 0.188. The Kier molecular flexibility index (Phi) is 9.26. The van der Waals surface area contributed by atoms with E-state index in [2.05, 4.69) is 10.0 Å². The van der Waals surface area contributed by atoms with Crippen LogP contribution >= 0.6 is 22.9 Å². The first-order valence-corrected chi connectivity index (χ1v) is 16.9. The molecule has 1 aliphatic rings. The van der Waals surface area contributed by atoms with Crippen molar-refractivity contribution in [3.63, 3.8) is 0 Å². The number of thiophene rings is 1. The van der Waals surface area contributed by atoms with Crippen LogP contribution in [0.4, 0.5) is 14.5 Å². The minimum Gasteiger partial charge on any atom is -0.496 e. The number of benzene rings is 3. The molecule has 1 aromatic heterocycles. The number of carbonyl (C=O) groups is 1. The van der Waals surface area contributed by atoms with E-state index in [9.17, 15) is 22.0 Å². The van der Waals surface area contributed by atoms with Gasteiger partial charge >= 0.3 is 0 Å². The predicted molar refractivity (Wildman–Crippen MR) is 169 cm³/mol. The van der Waals surface area contributed by atoms with E-state index in [0.717, 1.165) is 72.1 Å². The maximum atomic E-state index is 14.7. The zero-order chi connectivity index (χ0) is 30.9. The van der Waals surface area contributed by atoms with Gasteiger partial charge < -0.3 is 15.0 Å². The number of amides is 1. The Balaban J connectivity index is 1.52. The molecule has 0 aliphatic heterocycles. The van der Waals surface area contributed by atoms with Gasteiger partial charge in [0, 0.05) is 29.9 Å². The largest absolute Gasteiger partial charge is 0.496 e. The highest BCUT2D eigenvalue weighted by molar-refractivity contribution is 7.92. The number of fused-ring (bicyclic) bond motifs is 1. The first kappa shape index (κ1) is 31.2. The van der Waals surface area contributed by atoms with Crippen LogP contribution in [-0.4, -0.2) is 51.7 Å². The monoisotopic (exact) mass is 647 g/mol. The third kappa shape index (κ3) is 6.80. The van der Waals surface area contributed by atoms with Crippen molar-refractivity contribution in [2.24, 2.45) is 0 Å². The average Bonchev–Trinajstić information content (AvgIpc) is 3.35. The molecule has 1 aliphatic carbocycles. The van der Waals surface area contributed by atoms with E-state index in [1.807, 2.05) is 25.2 Å². The van der Waals surface area contributed by atoms with Crippen molar-refractivity contribution in [1.29, 1.82) is 0 Å². The fourth-order valence-corrected chi connectivity index (χ4v) is 7.69. The van der Waals surface area contributed by atoms with Gasteiger partial charge in [0.1, 0.15) is 22.3 Å². The van der Waals surface area contributed by atoms with Gasteiger partial charge in [-0.3, -0.25) is 9.52 Å². The molecule has 7 nitrogen and oxygen atoms in total. The van der Waals surface area contributed by atoms with E-state index >= 15 is 0 Å². The van der Waals surface area contributed by atoms with E-state index in [0.29, 0.717) is 17.5 Å². The molecular weight excluding hydrogens is 616 g/mol. The van der Waals surface area contributed by atoms with Crippen molar-refractivity contribution < 1.29 is 26.7 Å². The maximum absolute atomic E-state index is 14.7. The second-order valence-electron chi connectivity index (χ2n) is 10.7. The highest BCUT2D eigenvalue weighted by Crippen LogP contribution is 2.40. The lowest BCUT2D eigenvalue weighted by Gasteiger charge is -2.37. The third-order valence-corrected chi connectivity index (χ3v) is 10.1. The van der Waals surface area contributed by atoms with Gasteiger partial charge in [-0.25, -0.2) is 17.2 Å².